The zero-order valence-corrected chi connectivity index (χ0v) is 19.3. The molecule has 1 atom stereocenters. The van der Waals surface area contributed by atoms with Gasteiger partial charge in [0.2, 0.25) is 5.91 Å². The Kier molecular flexibility index (Phi) is 4.70. The van der Waals surface area contributed by atoms with E-state index in [1.807, 2.05) is 66.7 Å². The van der Waals surface area contributed by atoms with Crippen LogP contribution in [0, 0.1) is 7.14 Å². The second kappa shape index (κ2) is 7.24. The molecule has 2 amide bonds. The summed E-state index contributed by atoms with van der Waals surface area (Å²) in [7, 11) is 0. The van der Waals surface area contributed by atoms with Crippen molar-refractivity contribution in [1.82, 2.24) is 0 Å². The zero-order chi connectivity index (χ0) is 20.1. The van der Waals surface area contributed by atoms with Crippen LogP contribution < -0.4 is 10.6 Å². The first-order valence-electron chi connectivity index (χ1n) is 9.03. The minimum absolute atomic E-state index is 0.0229. The van der Waals surface area contributed by atoms with Crippen LogP contribution in [0.4, 0.5) is 11.4 Å². The van der Waals surface area contributed by atoms with Gasteiger partial charge in [0.05, 0.1) is 5.92 Å². The monoisotopic (exact) mass is 604 g/mol. The Labute approximate surface area is 195 Å². The first-order chi connectivity index (χ1) is 14.0. The molecule has 0 aliphatic carbocycles. The van der Waals surface area contributed by atoms with E-state index in [-0.39, 0.29) is 17.7 Å². The quantitative estimate of drug-likeness (QED) is 0.301. The van der Waals surface area contributed by atoms with Crippen LogP contribution in [0.2, 0.25) is 0 Å². The van der Waals surface area contributed by atoms with Crippen molar-refractivity contribution in [3.8, 4) is 0 Å². The van der Waals surface area contributed by atoms with E-state index in [2.05, 4.69) is 55.8 Å². The highest BCUT2D eigenvalue weighted by molar-refractivity contribution is 14.1. The molecule has 2 heterocycles. The summed E-state index contributed by atoms with van der Waals surface area (Å²) in [6, 6.07) is 19.7. The Morgan fingerprint density at radius 2 is 1.59 bits per heavy atom. The fraction of sp³-hybridized carbons (Fsp3) is 0.0435. The summed E-state index contributed by atoms with van der Waals surface area (Å²) in [4.78, 5) is 25.2. The minimum Gasteiger partial charge on any atom is -0.325 e. The zero-order valence-electron chi connectivity index (χ0n) is 15.0. The summed E-state index contributed by atoms with van der Waals surface area (Å²) in [6.45, 7) is 0. The minimum atomic E-state index is -0.344. The van der Waals surface area contributed by atoms with Crippen LogP contribution in [-0.4, -0.2) is 11.8 Å². The molecule has 2 aliphatic rings. The van der Waals surface area contributed by atoms with E-state index >= 15 is 0 Å². The van der Waals surface area contributed by atoms with Gasteiger partial charge >= 0.3 is 0 Å². The van der Waals surface area contributed by atoms with Gasteiger partial charge in [-0.05, 0) is 104 Å². The van der Waals surface area contributed by atoms with Crippen molar-refractivity contribution in [1.29, 1.82) is 0 Å². The first kappa shape index (κ1) is 18.8. The maximum absolute atomic E-state index is 12.7. The van der Waals surface area contributed by atoms with E-state index < -0.39 is 0 Å². The van der Waals surface area contributed by atoms with E-state index in [1.165, 1.54) is 0 Å². The summed E-state index contributed by atoms with van der Waals surface area (Å²) in [5, 5.41) is 5.88. The average molecular weight is 604 g/mol. The molecule has 0 aromatic heterocycles. The molecule has 5 rings (SSSR count). The molecule has 2 aliphatic heterocycles. The van der Waals surface area contributed by atoms with Gasteiger partial charge in [0.1, 0.15) is 0 Å². The molecular weight excluding hydrogens is 590 g/mol. The van der Waals surface area contributed by atoms with Crippen LogP contribution in [0.1, 0.15) is 28.2 Å². The van der Waals surface area contributed by atoms with Crippen molar-refractivity contribution in [3.63, 3.8) is 0 Å². The molecule has 0 bridgehead atoms. The number of nitrogens with one attached hydrogen (secondary N) is 2. The molecule has 142 valence electrons. The number of rotatable bonds is 2. The maximum atomic E-state index is 12.7. The van der Waals surface area contributed by atoms with Gasteiger partial charge in [0.15, 0.2) is 0 Å². The van der Waals surface area contributed by atoms with Crippen molar-refractivity contribution in [3.05, 3.63) is 90.1 Å². The van der Waals surface area contributed by atoms with Crippen LogP contribution in [0.25, 0.3) is 11.6 Å². The fourth-order valence-electron chi connectivity index (χ4n) is 3.86. The molecular formula is C23H14I2N2O2. The van der Waals surface area contributed by atoms with E-state index in [4.69, 9.17) is 0 Å². The van der Waals surface area contributed by atoms with Gasteiger partial charge in [-0.3, -0.25) is 9.59 Å². The van der Waals surface area contributed by atoms with Gasteiger partial charge in [0.25, 0.3) is 5.91 Å². The Morgan fingerprint density at radius 3 is 2.41 bits per heavy atom. The first-order valence-corrected chi connectivity index (χ1v) is 11.2. The molecule has 0 saturated carbocycles. The molecule has 0 saturated heterocycles. The fourth-order valence-corrected chi connectivity index (χ4v) is 4.87. The van der Waals surface area contributed by atoms with Crippen molar-refractivity contribution in [2.75, 3.05) is 10.6 Å². The topological polar surface area (TPSA) is 58.2 Å². The number of amides is 2. The lowest BCUT2D eigenvalue weighted by molar-refractivity contribution is -0.116. The van der Waals surface area contributed by atoms with Gasteiger partial charge in [-0.2, -0.15) is 0 Å². The van der Waals surface area contributed by atoms with Crippen molar-refractivity contribution in [2.45, 2.75) is 5.92 Å². The van der Waals surface area contributed by atoms with Crippen LogP contribution in [0.15, 0.2) is 60.7 Å². The molecule has 29 heavy (non-hydrogen) atoms. The van der Waals surface area contributed by atoms with Crippen LogP contribution in [0.3, 0.4) is 0 Å². The molecule has 2 N–H and O–H groups in total. The van der Waals surface area contributed by atoms with Gasteiger partial charge in [-0.1, -0.05) is 24.3 Å². The predicted molar refractivity (Wildman–Crippen MR) is 132 cm³/mol. The smallest absolute Gasteiger partial charge is 0.256 e. The summed E-state index contributed by atoms with van der Waals surface area (Å²) in [5.74, 6) is -0.472. The highest BCUT2D eigenvalue weighted by Gasteiger charge is 2.32. The number of carbonyl (C=O) groups is 2. The average Bonchev–Trinajstić information content (AvgIpc) is 3.17. The number of fused-ring (bicyclic) bond motifs is 2. The molecule has 3 aromatic rings. The number of carbonyl (C=O) groups excluding carboxylic acids is 2. The summed E-state index contributed by atoms with van der Waals surface area (Å²) in [5.41, 5.74) is 6.04. The molecule has 1 unspecified atom stereocenters. The van der Waals surface area contributed by atoms with E-state index in [9.17, 15) is 9.59 Å². The second-order valence-electron chi connectivity index (χ2n) is 7.03. The number of anilines is 2. The van der Waals surface area contributed by atoms with Crippen molar-refractivity contribution >= 4 is 80.0 Å². The molecule has 3 aromatic carbocycles. The summed E-state index contributed by atoms with van der Waals surface area (Å²) in [6.07, 6.45) is 1.89. The summed E-state index contributed by atoms with van der Waals surface area (Å²) >= 11 is 4.51. The molecule has 6 heteroatoms. The van der Waals surface area contributed by atoms with E-state index in [0.29, 0.717) is 5.57 Å². The van der Waals surface area contributed by atoms with E-state index in [0.717, 1.165) is 40.8 Å². The van der Waals surface area contributed by atoms with Gasteiger partial charge < -0.3 is 10.6 Å². The third kappa shape index (κ3) is 3.38. The molecule has 4 nitrogen and oxygen atoms in total. The maximum Gasteiger partial charge on any atom is 0.256 e. The third-order valence-electron chi connectivity index (χ3n) is 5.16. The Bertz CT molecular complexity index is 1230. The van der Waals surface area contributed by atoms with Crippen molar-refractivity contribution < 1.29 is 9.59 Å². The van der Waals surface area contributed by atoms with Crippen LogP contribution in [0.5, 0.6) is 0 Å². The lowest BCUT2D eigenvalue weighted by Gasteiger charge is -2.11. The van der Waals surface area contributed by atoms with Crippen LogP contribution >= 0.6 is 45.2 Å². The standard InChI is InChI=1S/C23H14I2N2O2/c24-14-4-6-19-16(10-14)17(22(28)26-19)9-12-2-1-3-13(8-12)21-18-11-15(25)5-7-20(18)27-23(21)29/h1-11,21H,(H,26,28)(H,27,29)/b17-9-. The normalized spacial score (nSPS) is 18.4. The van der Waals surface area contributed by atoms with Crippen LogP contribution in [-0.2, 0) is 9.59 Å². The van der Waals surface area contributed by atoms with E-state index in [1.54, 1.807) is 0 Å². The lowest BCUT2D eigenvalue weighted by Crippen LogP contribution is -2.13. The Balaban J connectivity index is 1.57. The Morgan fingerprint density at radius 1 is 0.828 bits per heavy atom. The number of halogens is 2. The summed E-state index contributed by atoms with van der Waals surface area (Å²) < 4.78 is 2.17. The lowest BCUT2D eigenvalue weighted by atomic mass is 9.91. The highest BCUT2D eigenvalue weighted by atomic mass is 127. The largest absolute Gasteiger partial charge is 0.325 e. The number of hydrogen-bond acceptors (Lipinski definition) is 2. The third-order valence-corrected chi connectivity index (χ3v) is 6.51. The Hall–Kier alpha value is -2.20. The van der Waals surface area contributed by atoms with Crippen molar-refractivity contribution in [2.24, 2.45) is 0 Å². The van der Waals surface area contributed by atoms with Gasteiger partial charge in [0, 0.05) is 29.7 Å². The predicted octanol–water partition coefficient (Wildman–Crippen LogP) is 5.47. The SMILES string of the molecule is O=C1Nc2ccc(I)cc2/C1=C/c1cccc(C2C(=O)Nc3ccc(I)cc32)c1. The molecule has 0 radical (unpaired) electrons. The number of hydrogen-bond donors (Lipinski definition) is 2. The molecule has 0 spiro atoms. The number of benzene rings is 3. The van der Waals surface area contributed by atoms with Gasteiger partial charge in [-0.15, -0.1) is 0 Å². The second-order valence-corrected chi connectivity index (χ2v) is 9.52. The highest BCUT2D eigenvalue weighted by Crippen LogP contribution is 2.39. The molecule has 0 fully saturated rings. The van der Waals surface area contributed by atoms with Gasteiger partial charge in [-0.25, -0.2) is 0 Å².